The van der Waals surface area contributed by atoms with Crippen LogP contribution >= 0.6 is 0 Å². The number of hydrogen-bond acceptors (Lipinski definition) is 2. The normalized spacial score (nSPS) is 16.9. The van der Waals surface area contributed by atoms with Gasteiger partial charge in [-0.1, -0.05) is 26.2 Å². The van der Waals surface area contributed by atoms with E-state index in [1.54, 1.807) is 0 Å². The van der Waals surface area contributed by atoms with Crippen molar-refractivity contribution < 1.29 is 13.0 Å². The van der Waals surface area contributed by atoms with Crippen molar-refractivity contribution in [3.63, 3.8) is 0 Å². The van der Waals surface area contributed by atoms with E-state index in [2.05, 4.69) is 6.92 Å². The van der Waals surface area contributed by atoms with E-state index in [4.69, 9.17) is 7.85 Å². The molecule has 0 spiro atoms. The lowest BCUT2D eigenvalue weighted by atomic mass is 10.1. The second-order valence-electron chi connectivity index (χ2n) is 3.20. The fourth-order valence-electron chi connectivity index (χ4n) is 1.19. The third-order valence-corrected chi connectivity index (χ3v) is 1.97. The Kier molecular flexibility index (Phi) is 6.39. The fraction of sp³-hybridized carbons (Fsp3) is 1.00. The van der Waals surface area contributed by atoms with Gasteiger partial charge in [0.15, 0.2) is 0 Å². The Morgan fingerprint density at radius 1 is 1.17 bits per heavy atom. The summed E-state index contributed by atoms with van der Waals surface area (Å²) in [5.74, 6) is 0. The van der Waals surface area contributed by atoms with E-state index in [1.807, 2.05) is 0 Å². The number of hydrogen-bond donors (Lipinski definition) is 2. The largest absolute Gasteiger partial charge is 0.396 e. The maximum atomic E-state index is 9.47. The molecule has 0 rings (SSSR count). The maximum absolute atomic E-state index is 9.47. The highest BCUT2D eigenvalue weighted by atomic mass is 16.3. The highest BCUT2D eigenvalue weighted by molar-refractivity contribution is 4.55. The Bertz CT molecular complexity index is 135. The van der Waals surface area contributed by atoms with Crippen LogP contribution in [0.5, 0.6) is 0 Å². The van der Waals surface area contributed by atoms with Crippen molar-refractivity contribution in [2.24, 2.45) is 0 Å². The van der Waals surface area contributed by atoms with Crippen LogP contribution in [0, 0.1) is 0 Å². The van der Waals surface area contributed by atoms with Gasteiger partial charge < -0.3 is 10.2 Å². The van der Waals surface area contributed by atoms with Crippen LogP contribution in [0.25, 0.3) is 0 Å². The Balaban J connectivity index is 3.31. The second kappa shape index (κ2) is 9.01. The minimum atomic E-state index is -2.08. The standard InChI is InChI=1S/C10H22O2/c1-2-3-4-7-10(12)8-5-6-9-11/h10-12H,2-9H2,1H3/i9D2. The summed E-state index contributed by atoms with van der Waals surface area (Å²) in [4.78, 5) is 0. The van der Waals surface area contributed by atoms with Gasteiger partial charge in [-0.15, -0.1) is 0 Å². The molecule has 74 valence electrons. The summed E-state index contributed by atoms with van der Waals surface area (Å²) in [6.45, 7) is 0.0375. The molecule has 0 aliphatic heterocycles. The first kappa shape index (κ1) is 8.52. The predicted molar refractivity (Wildman–Crippen MR) is 51.1 cm³/mol. The van der Waals surface area contributed by atoms with Gasteiger partial charge in [-0.2, -0.15) is 0 Å². The van der Waals surface area contributed by atoms with E-state index in [1.165, 1.54) is 0 Å². The summed E-state index contributed by atoms with van der Waals surface area (Å²) < 4.78 is 13.8. The van der Waals surface area contributed by atoms with E-state index in [0.29, 0.717) is 12.8 Å². The van der Waals surface area contributed by atoms with Gasteiger partial charge in [0.05, 0.1) is 8.85 Å². The molecule has 0 aliphatic rings. The monoisotopic (exact) mass is 176 g/mol. The first-order valence-electron chi connectivity index (χ1n) is 5.86. The van der Waals surface area contributed by atoms with Crippen LogP contribution < -0.4 is 0 Å². The summed E-state index contributed by atoms with van der Waals surface area (Å²) in [5, 5.41) is 18.3. The third-order valence-electron chi connectivity index (χ3n) is 1.97. The zero-order valence-corrected chi connectivity index (χ0v) is 7.92. The first-order valence-corrected chi connectivity index (χ1v) is 4.86. The Hall–Kier alpha value is -0.0800. The molecule has 0 aromatic heterocycles. The van der Waals surface area contributed by atoms with E-state index < -0.39 is 6.56 Å². The van der Waals surface area contributed by atoms with Crippen molar-refractivity contribution >= 4 is 0 Å². The molecule has 0 aromatic rings. The van der Waals surface area contributed by atoms with Crippen LogP contribution in [-0.4, -0.2) is 22.9 Å². The van der Waals surface area contributed by atoms with E-state index in [-0.39, 0.29) is 12.5 Å². The molecule has 2 N–H and O–H groups in total. The van der Waals surface area contributed by atoms with Gasteiger partial charge in [0.1, 0.15) is 0 Å². The van der Waals surface area contributed by atoms with Crippen molar-refractivity contribution in [1.29, 1.82) is 0 Å². The van der Waals surface area contributed by atoms with Gasteiger partial charge in [-0.05, 0) is 25.7 Å². The van der Waals surface area contributed by atoms with Crippen LogP contribution in [0.4, 0.5) is 0 Å². The molecule has 0 saturated heterocycles. The number of unbranched alkanes of at least 4 members (excludes halogenated alkanes) is 2. The first-order chi connectivity index (χ1) is 6.45. The summed E-state index contributed by atoms with van der Waals surface area (Å²) in [5.41, 5.74) is 0. The van der Waals surface area contributed by atoms with Gasteiger partial charge >= 0.3 is 0 Å². The van der Waals surface area contributed by atoms with E-state index in [0.717, 1.165) is 25.7 Å². The molecule has 0 saturated carbocycles. The Morgan fingerprint density at radius 3 is 2.25 bits per heavy atom. The molecule has 0 aromatic carbocycles. The molecule has 0 radical (unpaired) electrons. The SMILES string of the molecule is [2H]C([2H])(O)CCCC(O)CCCCC. The molecule has 1 atom stereocenters. The van der Waals surface area contributed by atoms with Crippen molar-refractivity contribution in [3.05, 3.63) is 0 Å². The van der Waals surface area contributed by atoms with E-state index >= 15 is 0 Å². The second-order valence-corrected chi connectivity index (χ2v) is 3.20. The van der Waals surface area contributed by atoms with Crippen LogP contribution in [0.2, 0.25) is 0 Å². The predicted octanol–water partition coefficient (Wildman–Crippen LogP) is 2.09. The molecule has 0 aliphatic carbocycles. The quantitative estimate of drug-likeness (QED) is 0.556. The third kappa shape index (κ3) is 8.02. The molecule has 2 nitrogen and oxygen atoms in total. The fourth-order valence-corrected chi connectivity index (χ4v) is 1.19. The molecular formula is C10H22O2. The average Bonchev–Trinajstić information content (AvgIpc) is 2.02. The highest BCUT2D eigenvalue weighted by Gasteiger charge is 2.02. The smallest absolute Gasteiger partial charge is 0.0564 e. The topological polar surface area (TPSA) is 40.5 Å². The molecule has 0 bridgehead atoms. The Labute approximate surface area is 78.4 Å². The maximum Gasteiger partial charge on any atom is 0.0564 e. The average molecular weight is 176 g/mol. The van der Waals surface area contributed by atoms with Crippen molar-refractivity contribution in [2.45, 2.75) is 58.0 Å². The van der Waals surface area contributed by atoms with Gasteiger partial charge in [-0.25, -0.2) is 0 Å². The molecule has 2 heteroatoms. The van der Waals surface area contributed by atoms with Crippen LogP contribution in [0.15, 0.2) is 0 Å². The van der Waals surface area contributed by atoms with Crippen molar-refractivity contribution in [2.75, 3.05) is 6.56 Å². The molecule has 0 heterocycles. The highest BCUT2D eigenvalue weighted by Crippen LogP contribution is 2.08. The number of aliphatic hydroxyl groups excluding tert-OH is 1. The van der Waals surface area contributed by atoms with Crippen LogP contribution in [0.3, 0.4) is 0 Å². The van der Waals surface area contributed by atoms with Gasteiger partial charge in [0, 0.05) is 6.56 Å². The van der Waals surface area contributed by atoms with E-state index in [9.17, 15) is 5.11 Å². The molecule has 0 fully saturated rings. The minimum absolute atomic E-state index is 0.109. The Morgan fingerprint density at radius 2 is 1.75 bits per heavy atom. The lowest BCUT2D eigenvalue weighted by molar-refractivity contribution is 0.144. The van der Waals surface area contributed by atoms with Gasteiger partial charge in [0.2, 0.25) is 0 Å². The van der Waals surface area contributed by atoms with Crippen molar-refractivity contribution in [1.82, 2.24) is 0 Å². The van der Waals surface area contributed by atoms with Gasteiger partial charge in [-0.3, -0.25) is 0 Å². The lowest BCUT2D eigenvalue weighted by Gasteiger charge is -2.08. The van der Waals surface area contributed by atoms with Crippen LogP contribution in [0.1, 0.15) is 54.6 Å². The zero-order chi connectivity index (χ0) is 11.0. The van der Waals surface area contributed by atoms with Crippen molar-refractivity contribution in [3.8, 4) is 0 Å². The molecule has 0 amide bonds. The van der Waals surface area contributed by atoms with Crippen LogP contribution in [-0.2, 0) is 0 Å². The zero-order valence-electron chi connectivity index (χ0n) is 9.92. The summed E-state index contributed by atoms with van der Waals surface area (Å²) in [7, 11) is 0. The molecule has 12 heavy (non-hydrogen) atoms. The van der Waals surface area contributed by atoms with Gasteiger partial charge in [0.25, 0.3) is 0 Å². The summed E-state index contributed by atoms with van der Waals surface area (Å²) in [6, 6.07) is 0. The number of rotatable bonds is 8. The number of aliphatic hydroxyl groups is 2. The minimum Gasteiger partial charge on any atom is -0.396 e. The molecule has 1 unspecified atom stereocenters. The summed E-state index contributed by atoms with van der Waals surface area (Å²) in [6.07, 6.45) is 5.01. The summed E-state index contributed by atoms with van der Waals surface area (Å²) >= 11 is 0. The lowest BCUT2D eigenvalue weighted by Crippen LogP contribution is -2.06. The molecular weight excluding hydrogens is 152 g/mol.